The number of rotatable bonds is 4. The van der Waals surface area contributed by atoms with Gasteiger partial charge in [0.15, 0.2) is 0 Å². The summed E-state index contributed by atoms with van der Waals surface area (Å²) in [5.74, 6) is 0. The third kappa shape index (κ3) is 4.42. The number of nitrogens with zero attached hydrogens (tertiary/aromatic N) is 2. The molecule has 2 fully saturated rings. The number of hydrogen-bond donors (Lipinski definition) is 2. The number of aryl methyl sites for hydroxylation is 1. The molecule has 2 N–H and O–H groups in total. The second kappa shape index (κ2) is 7.74. The van der Waals surface area contributed by atoms with Crippen LogP contribution in [0.15, 0.2) is 16.9 Å². The van der Waals surface area contributed by atoms with Crippen molar-refractivity contribution in [3.05, 3.63) is 28.2 Å². The van der Waals surface area contributed by atoms with E-state index < -0.39 is 5.60 Å². The number of hydrogen-bond acceptors (Lipinski definition) is 6. The SMILES string of the molecule is Cc1ccc(=O)n(C2CCC(NCC3(O)COCCOC3)CC2)n1. The topological polar surface area (TPSA) is 85.6 Å². The average Bonchev–Trinajstić information content (AvgIpc) is 2.81. The molecule has 0 spiro atoms. The summed E-state index contributed by atoms with van der Waals surface area (Å²) in [6.07, 6.45) is 3.76. The smallest absolute Gasteiger partial charge is 0.267 e. The van der Waals surface area contributed by atoms with E-state index >= 15 is 0 Å². The van der Waals surface area contributed by atoms with Crippen LogP contribution < -0.4 is 10.9 Å². The quantitative estimate of drug-likeness (QED) is 0.827. The molecule has 1 aromatic heterocycles. The molecule has 24 heavy (non-hydrogen) atoms. The predicted molar refractivity (Wildman–Crippen MR) is 89.1 cm³/mol. The first-order valence-electron chi connectivity index (χ1n) is 8.73. The highest BCUT2D eigenvalue weighted by Gasteiger charge is 2.31. The first-order valence-corrected chi connectivity index (χ1v) is 8.73. The van der Waals surface area contributed by atoms with Gasteiger partial charge in [-0.2, -0.15) is 5.10 Å². The largest absolute Gasteiger partial charge is 0.384 e. The van der Waals surface area contributed by atoms with Gasteiger partial charge in [-0.3, -0.25) is 4.79 Å². The maximum atomic E-state index is 12.0. The summed E-state index contributed by atoms with van der Waals surface area (Å²) in [5.41, 5.74) is -0.118. The average molecular weight is 337 g/mol. The van der Waals surface area contributed by atoms with Crippen molar-refractivity contribution < 1.29 is 14.6 Å². The summed E-state index contributed by atoms with van der Waals surface area (Å²) < 4.78 is 12.4. The third-order valence-corrected chi connectivity index (χ3v) is 4.83. The predicted octanol–water partition coefficient (Wildman–Crippen LogP) is 0.403. The lowest BCUT2D eigenvalue weighted by Crippen LogP contribution is -2.50. The normalized spacial score (nSPS) is 27.6. The van der Waals surface area contributed by atoms with E-state index in [1.807, 2.05) is 6.92 Å². The molecule has 0 atom stereocenters. The Morgan fingerprint density at radius 3 is 2.58 bits per heavy atom. The second-order valence-corrected chi connectivity index (χ2v) is 6.97. The molecule has 3 rings (SSSR count). The molecule has 1 saturated carbocycles. The molecule has 1 aromatic rings. The van der Waals surface area contributed by atoms with Crippen LogP contribution in [0.2, 0.25) is 0 Å². The van der Waals surface area contributed by atoms with Gasteiger partial charge < -0.3 is 19.9 Å². The summed E-state index contributed by atoms with van der Waals surface area (Å²) in [4.78, 5) is 12.0. The molecule has 1 aliphatic heterocycles. The third-order valence-electron chi connectivity index (χ3n) is 4.83. The van der Waals surface area contributed by atoms with Crippen LogP contribution in [0, 0.1) is 6.92 Å². The van der Waals surface area contributed by atoms with Crippen molar-refractivity contribution >= 4 is 0 Å². The van der Waals surface area contributed by atoms with Crippen molar-refractivity contribution in [2.75, 3.05) is 33.0 Å². The Balaban J connectivity index is 1.50. The van der Waals surface area contributed by atoms with Crippen molar-refractivity contribution in [3.8, 4) is 0 Å². The van der Waals surface area contributed by atoms with Gasteiger partial charge in [0, 0.05) is 18.7 Å². The van der Waals surface area contributed by atoms with Crippen LogP contribution in [0.5, 0.6) is 0 Å². The van der Waals surface area contributed by atoms with Crippen LogP contribution >= 0.6 is 0 Å². The van der Waals surface area contributed by atoms with Gasteiger partial charge in [0.1, 0.15) is 5.60 Å². The molecule has 1 aliphatic carbocycles. The lowest BCUT2D eigenvalue weighted by molar-refractivity contribution is -0.0551. The molecule has 0 radical (unpaired) electrons. The summed E-state index contributed by atoms with van der Waals surface area (Å²) in [6, 6.07) is 3.86. The lowest BCUT2D eigenvalue weighted by Gasteiger charge is -2.33. The first-order chi connectivity index (χ1) is 11.6. The minimum absolute atomic E-state index is 0.0286. The van der Waals surface area contributed by atoms with Crippen molar-refractivity contribution in [2.45, 2.75) is 50.3 Å². The molecule has 2 heterocycles. The van der Waals surface area contributed by atoms with Gasteiger partial charge in [0.2, 0.25) is 0 Å². The zero-order valence-electron chi connectivity index (χ0n) is 14.2. The highest BCUT2D eigenvalue weighted by atomic mass is 16.6. The van der Waals surface area contributed by atoms with E-state index in [9.17, 15) is 9.90 Å². The molecular weight excluding hydrogens is 310 g/mol. The number of ether oxygens (including phenoxy) is 2. The van der Waals surface area contributed by atoms with Crippen LogP contribution in [0.25, 0.3) is 0 Å². The first kappa shape index (κ1) is 17.5. The van der Waals surface area contributed by atoms with E-state index in [0.717, 1.165) is 31.4 Å². The Morgan fingerprint density at radius 2 is 1.92 bits per heavy atom. The fourth-order valence-corrected chi connectivity index (χ4v) is 3.43. The maximum absolute atomic E-state index is 12.0. The number of aliphatic hydroxyl groups is 1. The molecule has 0 unspecified atom stereocenters. The summed E-state index contributed by atoms with van der Waals surface area (Å²) in [7, 11) is 0. The maximum Gasteiger partial charge on any atom is 0.267 e. The zero-order chi connectivity index (χ0) is 17.0. The van der Waals surface area contributed by atoms with E-state index in [4.69, 9.17) is 9.47 Å². The Kier molecular flexibility index (Phi) is 5.65. The summed E-state index contributed by atoms with van der Waals surface area (Å²) in [5, 5.41) is 18.3. The van der Waals surface area contributed by atoms with Crippen LogP contribution in [0.4, 0.5) is 0 Å². The van der Waals surface area contributed by atoms with E-state index in [-0.39, 0.29) is 11.6 Å². The highest BCUT2D eigenvalue weighted by molar-refractivity contribution is 4.98. The fraction of sp³-hybridized carbons (Fsp3) is 0.765. The van der Waals surface area contributed by atoms with E-state index in [1.165, 1.54) is 0 Å². The van der Waals surface area contributed by atoms with E-state index in [1.54, 1.807) is 16.8 Å². The minimum Gasteiger partial charge on any atom is -0.384 e. The number of aromatic nitrogens is 2. The second-order valence-electron chi connectivity index (χ2n) is 6.97. The van der Waals surface area contributed by atoms with E-state index in [2.05, 4.69) is 10.4 Å². The molecule has 7 nitrogen and oxygen atoms in total. The van der Waals surface area contributed by atoms with E-state index in [0.29, 0.717) is 39.0 Å². The molecule has 2 aliphatic rings. The Labute approximate surface area is 142 Å². The Morgan fingerprint density at radius 1 is 1.25 bits per heavy atom. The molecular formula is C17H27N3O4. The molecule has 7 heteroatoms. The van der Waals surface area contributed by atoms with Gasteiger partial charge in [-0.1, -0.05) is 0 Å². The van der Waals surface area contributed by atoms with Gasteiger partial charge in [0.05, 0.1) is 38.2 Å². The van der Waals surface area contributed by atoms with Crippen molar-refractivity contribution in [2.24, 2.45) is 0 Å². The van der Waals surface area contributed by atoms with Crippen LogP contribution in [-0.2, 0) is 9.47 Å². The van der Waals surface area contributed by atoms with Crippen LogP contribution in [-0.4, -0.2) is 59.5 Å². The standard InChI is InChI=1S/C17H27N3O4/c1-13-2-7-16(21)20(19-13)15-5-3-14(4-6-15)18-10-17(22)11-23-8-9-24-12-17/h2,7,14-15,18,22H,3-6,8-12H2,1H3. The molecule has 134 valence electrons. The zero-order valence-corrected chi connectivity index (χ0v) is 14.2. The van der Waals surface area contributed by atoms with Crippen molar-refractivity contribution in [1.29, 1.82) is 0 Å². The molecule has 0 bridgehead atoms. The molecule has 0 aromatic carbocycles. The fourth-order valence-electron chi connectivity index (χ4n) is 3.43. The molecule has 0 amide bonds. The number of nitrogens with one attached hydrogen (secondary N) is 1. The van der Waals surface area contributed by atoms with Gasteiger partial charge in [-0.25, -0.2) is 4.68 Å². The lowest BCUT2D eigenvalue weighted by atomic mass is 9.90. The Bertz CT molecular complexity index is 588. The van der Waals surface area contributed by atoms with Gasteiger partial charge in [-0.05, 0) is 38.7 Å². The Hall–Kier alpha value is -1.28. The van der Waals surface area contributed by atoms with Gasteiger partial charge >= 0.3 is 0 Å². The molecule has 1 saturated heterocycles. The van der Waals surface area contributed by atoms with Gasteiger partial charge in [-0.15, -0.1) is 0 Å². The van der Waals surface area contributed by atoms with Crippen molar-refractivity contribution in [1.82, 2.24) is 15.1 Å². The monoisotopic (exact) mass is 337 g/mol. The summed E-state index contributed by atoms with van der Waals surface area (Å²) >= 11 is 0. The minimum atomic E-state index is -0.956. The highest BCUT2D eigenvalue weighted by Crippen LogP contribution is 2.27. The van der Waals surface area contributed by atoms with Crippen molar-refractivity contribution in [3.63, 3.8) is 0 Å². The summed E-state index contributed by atoms with van der Waals surface area (Å²) in [6.45, 7) is 4.04. The van der Waals surface area contributed by atoms with Crippen LogP contribution in [0.3, 0.4) is 0 Å². The van der Waals surface area contributed by atoms with Gasteiger partial charge in [0.25, 0.3) is 5.56 Å². The van der Waals surface area contributed by atoms with Crippen LogP contribution in [0.1, 0.15) is 37.4 Å².